The van der Waals surface area contributed by atoms with Crippen LogP contribution >= 0.6 is 0 Å². The molecular formula is C10H12FN. The molecule has 1 heterocycles. The second-order valence-corrected chi connectivity index (χ2v) is 3.37. The lowest BCUT2D eigenvalue weighted by Crippen LogP contribution is -1.97. The Morgan fingerprint density at radius 3 is 2.67 bits per heavy atom. The second-order valence-electron chi connectivity index (χ2n) is 3.37. The van der Waals surface area contributed by atoms with Gasteiger partial charge >= 0.3 is 0 Å². The monoisotopic (exact) mass is 165 g/mol. The Labute approximate surface area is 71.6 Å². The molecule has 2 rings (SSSR count). The minimum Gasteiger partial charge on any atom is -0.225 e. The van der Waals surface area contributed by atoms with Crippen molar-refractivity contribution in [3.8, 4) is 0 Å². The molecule has 12 heavy (non-hydrogen) atoms. The SMILES string of the molecule is Fc1cccc(C2CCCC2)n1. The molecule has 0 spiro atoms. The van der Waals surface area contributed by atoms with E-state index in [-0.39, 0.29) is 5.95 Å². The summed E-state index contributed by atoms with van der Waals surface area (Å²) in [6.45, 7) is 0. The first-order valence-corrected chi connectivity index (χ1v) is 4.49. The van der Waals surface area contributed by atoms with Gasteiger partial charge in [0.1, 0.15) is 0 Å². The lowest BCUT2D eigenvalue weighted by atomic mass is 10.0. The Kier molecular flexibility index (Phi) is 2.07. The average Bonchev–Trinajstić information content (AvgIpc) is 2.56. The van der Waals surface area contributed by atoms with Gasteiger partial charge in [-0.05, 0) is 25.0 Å². The van der Waals surface area contributed by atoms with Crippen LogP contribution in [0, 0.1) is 5.95 Å². The van der Waals surface area contributed by atoms with E-state index in [0.717, 1.165) is 5.69 Å². The van der Waals surface area contributed by atoms with Crippen molar-refractivity contribution in [2.75, 3.05) is 0 Å². The van der Waals surface area contributed by atoms with Crippen LogP contribution in [0.3, 0.4) is 0 Å². The lowest BCUT2D eigenvalue weighted by Gasteiger charge is -2.06. The van der Waals surface area contributed by atoms with E-state index in [1.165, 1.54) is 31.7 Å². The number of aromatic nitrogens is 1. The van der Waals surface area contributed by atoms with Crippen LogP contribution in [0.15, 0.2) is 18.2 Å². The smallest absolute Gasteiger partial charge is 0.213 e. The number of hydrogen-bond acceptors (Lipinski definition) is 1. The van der Waals surface area contributed by atoms with Crippen LogP contribution < -0.4 is 0 Å². The van der Waals surface area contributed by atoms with Crippen LogP contribution in [-0.4, -0.2) is 4.98 Å². The number of hydrogen-bond donors (Lipinski definition) is 0. The molecule has 2 heteroatoms. The maximum atomic E-state index is 12.7. The van der Waals surface area contributed by atoms with Gasteiger partial charge in [0.15, 0.2) is 0 Å². The molecule has 1 aliphatic carbocycles. The molecule has 1 nitrogen and oxygen atoms in total. The van der Waals surface area contributed by atoms with E-state index < -0.39 is 0 Å². The summed E-state index contributed by atoms with van der Waals surface area (Å²) in [6, 6.07) is 5.08. The van der Waals surface area contributed by atoms with Gasteiger partial charge in [0.05, 0.1) is 0 Å². The Bertz CT molecular complexity index is 266. The summed E-state index contributed by atoms with van der Waals surface area (Å²) < 4.78 is 12.7. The van der Waals surface area contributed by atoms with Gasteiger partial charge in [-0.3, -0.25) is 0 Å². The minimum absolute atomic E-state index is 0.348. The summed E-state index contributed by atoms with van der Waals surface area (Å²) in [5.74, 6) is 0.167. The fourth-order valence-electron chi connectivity index (χ4n) is 1.87. The van der Waals surface area contributed by atoms with Gasteiger partial charge in [0.2, 0.25) is 5.95 Å². The first-order chi connectivity index (χ1) is 5.86. The normalized spacial score (nSPS) is 18.4. The minimum atomic E-state index is -0.348. The molecule has 1 fully saturated rings. The first kappa shape index (κ1) is 7.71. The summed E-state index contributed by atoms with van der Waals surface area (Å²) in [4.78, 5) is 3.89. The van der Waals surface area contributed by atoms with Crippen molar-refractivity contribution in [3.63, 3.8) is 0 Å². The summed E-state index contributed by atoms with van der Waals surface area (Å²) in [5, 5.41) is 0. The number of halogens is 1. The van der Waals surface area contributed by atoms with Crippen LogP contribution in [0.1, 0.15) is 37.3 Å². The van der Waals surface area contributed by atoms with Crippen molar-refractivity contribution in [2.24, 2.45) is 0 Å². The molecule has 0 amide bonds. The van der Waals surface area contributed by atoms with Gasteiger partial charge in [-0.2, -0.15) is 4.39 Å². The molecule has 1 saturated carbocycles. The summed E-state index contributed by atoms with van der Waals surface area (Å²) in [6.07, 6.45) is 4.89. The van der Waals surface area contributed by atoms with Crippen LogP contribution in [0.25, 0.3) is 0 Å². The standard InChI is InChI=1S/C10H12FN/c11-10-7-3-6-9(12-10)8-4-1-2-5-8/h3,6-8H,1-2,4-5H2. The summed E-state index contributed by atoms with van der Waals surface area (Å²) >= 11 is 0. The highest BCUT2D eigenvalue weighted by molar-refractivity contribution is 5.11. The molecule has 0 bridgehead atoms. The first-order valence-electron chi connectivity index (χ1n) is 4.49. The topological polar surface area (TPSA) is 12.9 Å². The van der Waals surface area contributed by atoms with E-state index in [0.29, 0.717) is 5.92 Å². The van der Waals surface area contributed by atoms with Crippen molar-refractivity contribution in [2.45, 2.75) is 31.6 Å². The molecule has 1 aromatic rings. The van der Waals surface area contributed by atoms with Gasteiger partial charge in [-0.25, -0.2) is 4.98 Å². The zero-order valence-corrected chi connectivity index (χ0v) is 6.96. The van der Waals surface area contributed by atoms with Gasteiger partial charge in [0.25, 0.3) is 0 Å². The van der Waals surface area contributed by atoms with Crippen molar-refractivity contribution in [1.82, 2.24) is 4.98 Å². The Balaban J connectivity index is 2.21. The molecule has 0 aliphatic heterocycles. The highest BCUT2D eigenvalue weighted by Crippen LogP contribution is 2.32. The van der Waals surface area contributed by atoms with E-state index in [1.54, 1.807) is 6.07 Å². The van der Waals surface area contributed by atoms with Gasteiger partial charge < -0.3 is 0 Å². The number of rotatable bonds is 1. The highest BCUT2D eigenvalue weighted by atomic mass is 19.1. The van der Waals surface area contributed by atoms with E-state index in [4.69, 9.17) is 0 Å². The van der Waals surface area contributed by atoms with E-state index in [9.17, 15) is 4.39 Å². The Morgan fingerprint density at radius 2 is 2.00 bits per heavy atom. The maximum absolute atomic E-state index is 12.7. The quantitative estimate of drug-likeness (QED) is 0.583. The van der Waals surface area contributed by atoms with Gasteiger partial charge in [0, 0.05) is 11.6 Å². The molecular weight excluding hydrogens is 153 g/mol. The lowest BCUT2D eigenvalue weighted by molar-refractivity contribution is 0.563. The molecule has 0 aromatic carbocycles. The predicted octanol–water partition coefficient (Wildman–Crippen LogP) is 2.88. The zero-order valence-electron chi connectivity index (χ0n) is 6.96. The largest absolute Gasteiger partial charge is 0.225 e. The maximum Gasteiger partial charge on any atom is 0.213 e. The Hall–Kier alpha value is -0.920. The van der Waals surface area contributed by atoms with Crippen molar-refractivity contribution < 1.29 is 4.39 Å². The zero-order chi connectivity index (χ0) is 8.39. The molecule has 0 saturated heterocycles. The predicted molar refractivity (Wildman–Crippen MR) is 45.4 cm³/mol. The Morgan fingerprint density at radius 1 is 1.25 bits per heavy atom. The van der Waals surface area contributed by atoms with Gasteiger partial charge in [-0.1, -0.05) is 18.9 Å². The third-order valence-electron chi connectivity index (χ3n) is 2.51. The third-order valence-corrected chi connectivity index (χ3v) is 2.51. The molecule has 64 valence electrons. The van der Waals surface area contributed by atoms with E-state index in [1.807, 2.05) is 6.07 Å². The van der Waals surface area contributed by atoms with Crippen LogP contribution in [-0.2, 0) is 0 Å². The fourth-order valence-corrected chi connectivity index (χ4v) is 1.87. The molecule has 0 unspecified atom stereocenters. The molecule has 1 aromatic heterocycles. The van der Waals surface area contributed by atoms with E-state index >= 15 is 0 Å². The molecule has 0 N–H and O–H groups in total. The van der Waals surface area contributed by atoms with Crippen molar-refractivity contribution in [3.05, 3.63) is 29.8 Å². The van der Waals surface area contributed by atoms with Crippen LogP contribution in [0.4, 0.5) is 4.39 Å². The molecule has 1 aliphatic rings. The van der Waals surface area contributed by atoms with Crippen molar-refractivity contribution in [1.29, 1.82) is 0 Å². The summed E-state index contributed by atoms with van der Waals surface area (Å²) in [7, 11) is 0. The number of pyridine rings is 1. The van der Waals surface area contributed by atoms with Gasteiger partial charge in [-0.15, -0.1) is 0 Å². The third kappa shape index (κ3) is 1.47. The average molecular weight is 165 g/mol. The molecule has 0 atom stereocenters. The van der Waals surface area contributed by atoms with E-state index in [2.05, 4.69) is 4.98 Å². The fraction of sp³-hybridized carbons (Fsp3) is 0.500. The second kappa shape index (κ2) is 3.21. The van der Waals surface area contributed by atoms with Crippen LogP contribution in [0.5, 0.6) is 0 Å². The molecule has 0 radical (unpaired) electrons. The van der Waals surface area contributed by atoms with Crippen LogP contribution in [0.2, 0.25) is 0 Å². The number of nitrogens with zero attached hydrogens (tertiary/aromatic N) is 1. The summed E-state index contributed by atoms with van der Waals surface area (Å²) in [5.41, 5.74) is 0.938. The highest BCUT2D eigenvalue weighted by Gasteiger charge is 2.18. The van der Waals surface area contributed by atoms with Crippen molar-refractivity contribution >= 4 is 0 Å².